The molecule has 1 atom stereocenters. The maximum absolute atomic E-state index is 13.7. The van der Waals surface area contributed by atoms with E-state index in [2.05, 4.69) is 22.3 Å². The number of carbonyl (C=O) groups is 1. The van der Waals surface area contributed by atoms with Gasteiger partial charge in [0.15, 0.2) is 0 Å². The molecule has 2 aliphatic rings. The SMILES string of the molecule is CC(CCc1ccccc1)NC(=O)Cn1c(CN2CCOCC2)nc2sc3c(c2c1=O)CCC3. The van der Waals surface area contributed by atoms with Crippen LogP contribution in [-0.2, 0) is 41.9 Å². The monoisotopic (exact) mass is 480 g/mol. The van der Waals surface area contributed by atoms with E-state index in [4.69, 9.17) is 9.72 Å². The summed E-state index contributed by atoms with van der Waals surface area (Å²) in [5.41, 5.74) is 2.34. The first-order chi connectivity index (χ1) is 16.6. The molecule has 3 aromatic rings. The quantitative estimate of drug-likeness (QED) is 0.537. The molecule has 0 spiro atoms. The van der Waals surface area contributed by atoms with Crippen LogP contribution in [0.15, 0.2) is 35.1 Å². The predicted octanol–water partition coefficient (Wildman–Crippen LogP) is 2.92. The van der Waals surface area contributed by atoms with Crippen molar-refractivity contribution in [2.24, 2.45) is 0 Å². The molecular weight excluding hydrogens is 448 g/mol. The van der Waals surface area contributed by atoms with Crippen LogP contribution in [0.3, 0.4) is 0 Å². The summed E-state index contributed by atoms with van der Waals surface area (Å²) in [5.74, 6) is 0.533. The third-order valence-corrected chi connectivity index (χ3v) is 7.98. The lowest BCUT2D eigenvalue weighted by molar-refractivity contribution is -0.122. The first-order valence-electron chi connectivity index (χ1n) is 12.3. The van der Waals surface area contributed by atoms with E-state index in [-0.39, 0.29) is 24.1 Å². The van der Waals surface area contributed by atoms with Crippen LogP contribution >= 0.6 is 11.3 Å². The highest BCUT2D eigenvalue weighted by molar-refractivity contribution is 7.18. The zero-order valence-electron chi connectivity index (χ0n) is 19.7. The van der Waals surface area contributed by atoms with Gasteiger partial charge in [-0.2, -0.15) is 0 Å². The molecule has 8 heteroatoms. The largest absolute Gasteiger partial charge is 0.379 e. The summed E-state index contributed by atoms with van der Waals surface area (Å²) in [5, 5.41) is 3.82. The van der Waals surface area contributed by atoms with Gasteiger partial charge in [0.1, 0.15) is 17.2 Å². The summed E-state index contributed by atoms with van der Waals surface area (Å²) < 4.78 is 7.09. The number of morpholine rings is 1. The molecule has 1 fully saturated rings. The summed E-state index contributed by atoms with van der Waals surface area (Å²) in [6, 6.07) is 10.3. The van der Waals surface area contributed by atoms with Crippen molar-refractivity contribution in [3.05, 3.63) is 62.5 Å². The predicted molar refractivity (Wildman–Crippen MR) is 134 cm³/mol. The molecule has 0 saturated carbocycles. The molecule has 180 valence electrons. The third-order valence-electron chi connectivity index (χ3n) is 6.79. The van der Waals surface area contributed by atoms with E-state index in [0.29, 0.717) is 25.6 Å². The molecule has 34 heavy (non-hydrogen) atoms. The number of ether oxygens (including phenoxy) is 1. The number of aromatic nitrogens is 2. The highest BCUT2D eigenvalue weighted by Gasteiger charge is 2.25. The van der Waals surface area contributed by atoms with E-state index in [1.165, 1.54) is 10.4 Å². The summed E-state index contributed by atoms with van der Waals surface area (Å²) in [4.78, 5) is 35.9. The Morgan fingerprint density at radius 3 is 2.79 bits per heavy atom. The van der Waals surface area contributed by atoms with Gasteiger partial charge in [-0.05, 0) is 50.2 Å². The number of nitrogens with zero attached hydrogens (tertiary/aromatic N) is 3. The number of hydrogen-bond donors (Lipinski definition) is 1. The van der Waals surface area contributed by atoms with E-state index in [1.54, 1.807) is 15.9 Å². The number of rotatable bonds is 8. The van der Waals surface area contributed by atoms with Gasteiger partial charge in [-0.1, -0.05) is 30.3 Å². The fourth-order valence-corrected chi connectivity index (χ4v) is 6.20. The average molecular weight is 481 g/mol. The highest BCUT2D eigenvalue weighted by Crippen LogP contribution is 2.34. The van der Waals surface area contributed by atoms with Crippen LogP contribution in [0, 0.1) is 0 Å². The van der Waals surface area contributed by atoms with E-state index in [0.717, 1.165) is 61.0 Å². The molecule has 5 rings (SSSR count). The summed E-state index contributed by atoms with van der Waals surface area (Å²) >= 11 is 1.65. The van der Waals surface area contributed by atoms with Crippen LogP contribution in [0.2, 0.25) is 0 Å². The molecule has 1 unspecified atom stereocenters. The summed E-state index contributed by atoms with van der Waals surface area (Å²) in [6.45, 7) is 5.54. The van der Waals surface area contributed by atoms with Crippen LogP contribution in [0.4, 0.5) is 0 Å². The molecule has 7 nitrogen and oxygen atoms in total. The fourth-order valence-electron chi connectivity index (χ4n) is 4.93. The van der Waals surface area contributed by atoms with Crippen LogP contribution in [0.5, 0.6) is 0 Å². The van der Waals surface area contributed by atoms with E-state index < -0.39 is 0 Å². The maximum atomic E-state index is 13.7. The Morgan fingerprint density at radius 1 is 1.21 bits per heavy atom. The minimum absolute atomic E-state index is 0.00173. The lowest BCUT2D eigenvalue weighted by atomic mass is 10.1. The summed E-state index contributed by atoms with van der Waals surface area (Å²) in [7, 11) is 0. The molecule has 1 aliphatic carbocycles. The Morgan fingerprint density at radius 2 is 2.00 bits per heavy atom. The molecular formula is C26H32N4O3S. The van der Waals surface area contributed by atoms with Gasteiger partial charge in [-0.15, -0.1) is 11.3 Å². The van der Waals surface area contributed by atoms with Crippen LogP contribution in [-0.4, -0.2) is 52.7 Å². The Hall–Kier alpha value is -2.55. The van der Waals surface area contributed by atoms with Gasteiger partial charge in [-0.25, -0.2) is 4.98 Å². The lowest BCUT2D eigenvalue weighted by Gasteiger charge is -2.27. The van der Waals surface area contributed by atoms with E-state index in [9.17, 15) is 9.59 Å². The molecule has 1 aliphatic heterocycles. The molecule has 1 saturated heterocycles. The maximum Gasteiger partial charge on any atom is 0.263 e. The first kappa shape index (κ1) is 23.2. The Bertz CT molecular complexity index is 1210. The molecule has 0 radical (unpaired) electrons. The van der Waals surface area contributed by atoms with Crippen molar-refractivity contribution >= 4 is 27.5 Å². The number of carbonyl (C=O) groups excluding carboxylic acids is 1. The van der Waals surface area contributed by atoms with Gasteiger partial charge in [0.05, 0.1) is 25.1 Å². The van der Waals surface area contributed by atoms with Crippen molar-refractivity contribution in [1.29, 1.82) is 0 Å². The van der Waals surface area contributed by atoms with Crippen LogP contribution < -0.4 is 10.9 Å². The Kier molecular flexibility index (Phi) is 7.08. The van der Waals surface area contributed by atoms with Crippen molar-refractivity contribution in [1.82, 2.24) is 19.8 Å². The second-order valence-electron chi connectivity index (χ2n) is 9.34. The van der Waals surface area contributed by atoms with Gasteiger partial charge in [0.2, 0.25) is 5.91 Å². The second kappa shape index (κ2) is 10.4. The average Bonchev–Trinajstić information content (AvgIpc) is 3.43. The second-order valence-corrected chi connectivity index (χ2v) is 10.4. The van der Waals surface area contributed by atoms with E-state index >= 15 is 0 Å². The number of fused-ring (bicyclic) bond motifs is 3. The molecule has 1 amide bonds. The number of amides is 1. The van der Waals surface area contributed by atoms with E-state index in [1.807, 2.05) is 25.1 Å². The smallest absolute Gasteiger partial charge is 0.263 e. The van der Waals surface area contributed by atoms with Crippen molar-refractivity contribution in [2.75, 3.05) is 26.3 Å². The molecule has 3 heterocycles. The molecule has 1 N–H and O–H groups in total. The molecule has 2 aromatic heterocycles. The highest BCUT2D eigenvalue weighted by atomic mass is 32.1. The van der Waals surface area contributed by atoms with Gasteiger partial charge in [0.25, 0.3) is 5.56 Å². The molecule has 1 aromatic carbocycles. The normalized spacial score (nSPS) is 17.1. The van der Waals surface area contributed by atoms with Crippen molar-refractivity contribution in [2.45, 2.75) is 58.2 Å². The zero-order chi connectivity index (χ0) is 23.5. The summed E-state index contributed by atoms with van der Waals surface area (Å²) in [6.07, 6.45) is 4.79. The van der Waals surface area contributed by atoms with Crippen LogP contribution in [0.1, 0.15) is 41.6 Å². The third kappa shape index (κ3) is 5.09. The number of benzene rings is 1. The minimum atomic E-state index is -0.140. The van der Waals surface area contributed by atoms with Gasteiger partial charge < -0.3 is 10.1 Å². The minimum Gasteiger partial charge on any atom is -0.379 e. The van der Waals surface area contributed by atoms with Crippen molar-refractivity contribution < 1.29 is 9.53 Å². The van der Waals surface area contributed by atoms with Crippen molar-refractivity contribution in [3.63, 3.8) is 0 Å². The zero-order valence-corrected chi connectivity index (χ0v) is 20.5. The number of hydrogen-bond acceptors (Lipinski definition) is 6. The van der Waals surface area contributed by atoms with Gasteiger partial charge >= 0.3 is 0 Å². The number of aryl methyl sites for hydroxylation is 3. The Balaban J connectivity index is 1.35. The van der Waals surface area contributed by atoms with Gasteiger partial charge in [-0.3, -0.25) is 19.1 Å². The topological polar surface area (TPSA) is 76.5 Å². The number of nitrogens with one attached hydrogen (secondary N) is 1. The first-order valence-corrected chi connectivity index (χ1v) is 13.1. The van der Waals surface area contributed by atoms with Crippen molar-refractivity contribution in [3.8, 4) is 0 Å². The number of thiophene rings is 1. The van der Waals surface area contributed by atoms with Gasteiger partial charge in [0, 0.05) is 24.0 Å². The molecule has 0 bridgehead atoms. The lowest BCUT2D eigenvalue weighted by Crippen LogP contribution is -2.41. The van der Waals surface area contributed by atoms with Crippen LogP contribution in [0.25, 0.3) is 10.2 Å². The Labute approximate surface area is 203 Å². The standard InChI is InChI=1S/C26H32N4O3S/c1-18(10-11-19-6-3-2-4-7-19)27-23(31)17-30-22(16-29-12-14-33-15-13-29)28-25-24(26(30)32)20-8-5-9-21(20)34-25/h2-4,6-7,18H,5,8-17H2,1H3,(H,27,31). The fraction of sp³-hybridized carbons (Fsp3) is 0.500.